The van der Waals surface area contributed by atoms with Crippen LogP contribution < -0.4 is 0 Å². The van der Waals surface area contributed by atoms with Crippen molar-refractivity contribution in [2.24, 2.45) is 173 Å². The molecule has 0 N–H and O–H groups in total. The highest BCUT2D eigenvalue weighted by Gasteiger charge is 2.64. The van der Waals surface area contributed by atoms with Gasteiger partial charge in [-0.3, -0.25) is 0 Å². The molecule has 18 saturated carbocycles. The zero-order valence-electron chi connectivity index (χ0n) is 92.4. The van der Waals surface area contributed by atoms with Crippen molar-refractivity contribution in [1.29, 1.82) is 0 Å². The van der Waals surface area contributed by atoms with Gasteiger partial charge in [-0.2, -0.15) is 0 Å². The molecule has 0 nitrogen and oxygen atoms in total. The van der Waals surface area contributed by atoms with Crippen LogP contribution in [0.2, 0.25) is 0 Å². The Morgan fingerprint density at radius 1 is 0.242 bits per heavy atom. The monoisotopic (exact) mass is 1690 g/mol. The highest BCUT2D eigenvalue weighted by atomic mass is 14.7. The lowest BCUT2D eigenvalue weighted by Gasteiger charge is -2.59. The predicted molar refractivity (Wildman–Crippen MR) is 560 cm³/mol. The Morgan fingerprint density at radius 3 is 0.875 bits per heavy atom. The van der Waals surface area contributed by atoms with Gasteiger partial charge in [0.2, 0.25) is 0 Å². The lowest BCUT2D eigenvalue weighted by Crippen LogP contribution is -2.49. The highest BCUT2D eigenvalue weighted by molar-refractivity contribution is 5.14. The summed E-state index contributed by atoms with van der Waals surface area (Å²) in [6.07, 6.45) is 68.1. The quantitative estimate of drug-likeness (QED) is 0.168. The molecule has 16 unspecified atom stereocenters. The minimum absolute atomic E-state index is 0. The highest BCUT2D eigenvalue weighted by Crippen LogP contribution is 2.72. The number of hydrogen-bond donors (Lipinski definition) is 0. The average Bonchev–Trinajstić information content (AvgIpc) is 1.52. The smallest absolute Gasteiger partial charge is 0.0172 e. The van der Waals surface area contributed by atoms with Crippen LogP contribution in [0, 0.1) is 173 Å². The van der Waals surface area contributed by atoms with Crippen LogP contribution in [-0.2, 0) is 0 Å². The summed E-state index contributed by atoms with van der Waals surface area (Å²) in [5.41, 5.74) is 6.41. The molecule has 18 fully saturated rings. The fourth-order valence-electron chi connectivity index (χ4n) is 28.1. The van der Waals surface area contributed by atoms with Crippen molar-refractivity contribution in [2.75, 3.05) is 0 Å². The fourth-order valence-corrected chi connectivity index (χ4v) is 28.1. The molecule has 0 heterocycles. The molecule has 20 aliphatic rings. The second-order valence-electron chi connectivity index (χ2n) is 46.7. The summed E-state index contributed by atoms with van der Waals surface area (Å²) in [6.45, 7) is 100. The van der Waals surface area contributed by atoms with Gasteiger partial charge in [-0.25, -0.2) is 0 Å². The van der Waals surface area contributed by atoms with Crippen LogP contribution in [0.1, 0.15) is 576 Å². The van der Waals surface area contributed by atoms with Crippen molar-refractivity contribution in [3.63, 3.8) is 0 Å². The molecule has 16 atom stereocenters. The predicted octanol–water partition coefficient (Wildman–Crippen LogP) is 43.0. The third-order valence-electron chi connectivity index (χ3n) is 33.0. The van der Waals surface area contributed by atoms with Crippen LogP contribution in [-0.4, -0.2) is 0 Å². The maximum atomic E-state index is 2.54. The van der Waals surface area contributed by atoms with Crippen LogP contribution in [0.3, 0.4) is 0 Å². The molecule has 20 aliphatic carbocycles. The number of fused-ring (bicyclic) bond motifs is 21. The van der Waals surface area contributed by atoms with Gasteiger partial charge < -0.3 is 0 Å². The Morgan fingerprint density at radius 2 is 0.575 bits per heavy atom. The minimum atomic E-state index is 0. The van der Waals surface area contributed by atoms with E-state index in [1.165, 1.54) is 152 Å². The minimum Gasteiger partial charge on any atom is -0.0880 e. The van der Waals surface area contributed by atoms with Crippen molar-refractivity contribution in [2.45, 2.75) is 576 Å². The van der Waals surface area contributed by atoms with Gasteiger partial charge in [-0.15, -0.1) is 0 Å². The van der Waals surface area contributed by atoms with Gasteiger partial charge >= 0.3 is 0 Å². The summed E-state index contributed by atoms with van der Waals surface area (Å²) in [5.74, 6) is 22.8. The number of hydrogen-bond acceptors (Lipinski definition) is 0. The van der Waals surface area contributed by atoms with Gasteiger partial charge in [-0.05, 0) is 365 Å². The Labute approximate surface area is 768 Å². The van der Waals surface area contributed by atoms with E-state index in [-0.39, 0.29) is 7.43 Å². The summed E-state index contributed by atoms with van der Waals surface area (Å²) in [6, 6.07) is 0. The molecule has 0 radical (unpaired) electrons. The molecule has 0 saturated heterocycles. The third kappa shape index (κ3) is 39.7. The van der Waals surface area contributed by atoms with Crippen LogP contribution in [0.5, 0.6) is 0 Å². The topological polar surface area (TPSA) is 0 Å². The molecule has 0 aliphatic heterocycles. The first-order chi connectivity index (χ1) is 56.2. The Bertz CT molecular complexity index is 2390. The summed E-state index contributed by atoms with van der Waals surface area (Å²) in [7, 11) is 0. The zero-order chi connectivity index (χ0) is 93.0. The van der Waals surface area contributed by atoms with E-state index < -0.39 is 0 Å². The van der Waals surface area contributed by atoms with E-state index in [1.807, 2.05) is 166 Å². The molecular formula is C120H244. The van der Waals surface area contributed by atoms with Crippen molar-refractivity contribution < 1.29 is 0 Å². The van der Waals surface area contributed by atoms with Gasteiger partial charge in [0, 0.05) is 0 Å². The average molecular weight is 1690 g/mol. The zero-order valence-corrected chi connectivity index (χ0v) is 92.4. The van der Waals surface area contributed by atoms with Crippen molar-refractivity contribution in [1.82, 2.24) is 0 Å². The van der Waals surface area contributed by atoms with Gasteiger partial charge in [-0.1, -0.05) is 408 Å². The molecule has 0 heteroatoms. The second kappa shape index (κ2) is 61.9. The Hall–Kier alpha value is -0.520. The van der Waals surface area contributed by atoms with Gasteiger partial charge in [0.25, 0.3) is 0 Å². The molecule has 724 valence electrons. The lowest BCUT2D eigenvalue weighted by atomic mass is 9.46. The van der Waals surface area contributed by atoms with Crippen LogP contribution in [0.15, 0.2) is 24.3 Å². The summed E-state index contributed by atoms with van der Waals surface area (Å²) in [5, 5.41) is 0. The summed E-state index contributed by atoms with van der Waals surface area (Å²) < 4.78 is 0. The van der Waals surface area contributed by atoms with Crippen molar-refractivity contribution in [3.05, 3.63) is 24.3 Å². The second-order valence-corrected chi connectivity index (χ2v) is 46.7. The number of allylic oxidation sites excluding steroid dienone is 4. The van der Waals surface area contributed by atoms with E-state index in [2.05, 4.69) is 177 Å². The van der Waals surface area contributed by atoms with Crippen molar-refractivity contribution >= 4 is 0 Å². The van der Waals surface area contributed by atoms with Gasteiger partial charge in [0.05, 0.1) is 0 Å². The van der Waals surface area contributed by atoms with Crippen LogP contribution in [0.25, 0.3) is 0 Å². The Kier molecular flexibility index (Phi) is 64.9. The molecule has 14 bridgehead atoms. The standard InChI is InChI=1S/C14H22.C13H22.2C12H20.C9H16.C8H16.C8H14.C7H14.C7H12.C5H12.12C2H6.CH4/c1-14(2)7-10-6-11(14)13-9-4-3-8(5-9)12(10)13;1-13(2)8-9-7-12(13)11-6-4-3-5-10(9)11;1-12(2)10-4-8-3-9(6-10)7-11(12)5-8;1-12(2)7-8-6-11(12)10-5-3-4-9(8)10;1-9(2)6-7-3-4-8(9)5-7;2*1-8(2)6-4-3-5-7-8;2*1-7(2)5-3-4-6-7;1-5(2,3)4;12*1-2;/h8-13H,3-7H2,1-2H3;9-12H,3-8H2,1-2H3;2*8-11H,3-7H2,1-2H3;7-8H,3-6H2,1-2H3;3-7H2,1-2H3;4,6H,3,5,7H2,1-2H3;3-6H2,1-2H3;3,5H,4,6H2,1-2H3;1-4H3;12*1-2H3;1H4. The molecule has 0 spiro atoms. The van der Waals surface area contributed by atoms with Gasteiger partial charge in [0.1, 0.15) is 0 Å². The van der Waals surface area contributed by atoms with Crippen molar-refractivity contribution in [3.8, 4) is 0 Å². The van der Waals surface area contributed by atoms with E-state index >= 15 is 0 Å². The molecule has 0 aromatic rings. The molecular weight excluding hydrogens is 1440 g/mol. The molecule has 0 aromatic heterocycles. The van der Waals surface area contributed by atoms with E-state index in [0.717, 1.165) is 88.8 Å². The fraction of sp³-hybridized carbons (Fsp3) is 0.967. The first-order valence-electron chi connectivity index (χ1n) is 55.6. The first-order valence-corrected chi connectivity index (χ1v) is 55.6. The summed E-state index contributed by atoms with van der Waals surface area (Å²) in [4.78, 5) is 0. The normalized spacial score (nSPS) is 35.1. The SMILES string of the molecule is C.CC.CC.CC.CC.CC.CC.CC.CC.CC.CC.CC.CC.CC(C)(C)C.CC1(C)C2CC3CC(C2)CC1C3.CC1(C)C=CCC1.CC1(C)C=CCCC1.CC1(C)CC2CC1C1C3CCC(C3)C21.CC1(C)CC2CC1C1CCCC21.CC1(C)CC2CC1C1CCCCC21.CC1(C)CC2CCC1C2.CC1(C)CCCC1.CC1(C)CCCCC1. The van der Waals surface area contributed by atoms with E-state index in [0.29, 0.717) is 54.1 Å². The maximum Gasteiger partial charge on any atom is -0.0172 e. The van der Waals surface area contributed by atoms with Crippen LogP contribution in [0.4, 0.5) is 0 Å². The van der Waals surface area contributed by atoms with Gasteiger partial charge in [0.15, 0.2) is 0 Å². The molecule has 0 aromatic carbocycles. The number of rotatable bonds is 0. The van der Waals surface area contributed by atoms with E-state index in [4.69, 9.17) is 0 Å². The lowest BCUT2D eigenvalue weighted by molar-refractivity contribution is -0.0876. The van der Waals surface area contributed by atoms with Crippen LogP contribution >= 0.6 is 0 Å². The largest absolute Gasteiger partial charge is 0.0880 e. The molecule has 0 amide bonds. The van der Waals surface area contributed by atoms with E-state index in [1.54, 1.807) is 128 Å². The maximum absolute atomic E-state index is 2.54. The summed E-state index contributed by atoms with van der Waals surface area (Å²) >= 11 is 0. The Balaban J connectivity index is -0.000000611. The molecule has 120 heavy (non-hydrogen) atoms. The molecule has 20 rings (SSSR count). The first kappa shape index (κ1) is 126. The third-order valence-corrected chi connectivity index (χ3v) is 33.0. The van der Waals surface area contributed by atoms with E-state index in [9.17, 15) is 0 Å².